The van der Waals surface area contributed by atoms with E-state index < -0.39 is 59.2 Å². The lowest BCUT2D eigenvalue weighted by atomic mass is 9.90. The number of halogens is 6. The van der Waals surface area contributed by atoms with Gasteiger partial charge in [-0.05, 0) is 56.2 Å². The molecule has 1 unspecified atom stereocenters. The first-order chi connectivity index (χ1) is 18.5. The third-order valence-electron chi connectivity index (χ3n) is 8.33. The van der Waals surface area contributed by atoms with Crippen LogP contribution in [0.2, 0.25) is 0 Å². The fourth-order valence-corrected chi connectivity index (χ4v) is 5.47. The van der Waals surface area contributed by atoms with Crippen LogP contribution in [0.25, 0.3) is 0 Å². The van der Waals surface area contributed by atoms with Crippen LogP contribution in [0.3, 0.4) is 0 Å². The van der Waals surface area contributed by atoms with Gasteiger partial charge in [0.25, 0.3) is 0 Å². The quantitative estimate of drug-likeness (QED) is 0.513. The van der Waals surface area contributed by atoms with Gasteiger partial charge in [-0.2, -0.15) is 26.3 Å². The first kappa shape index (κ1) is 29.9. The number of hydrogen-bond donors (Lipinski definition) is 2. The Hall–Kier alpha value is -3.03. The van der Waals surface area contributed by atoms with E-state index in [0.29, 0.717) is 19.5 Å². The van der Waals surface area contributed by atoms with Gasteiger partial charge < -0.3 is 25.1 Å². The number of urea groups is 1. The molecule has 0 radical (unpaired) electrons. The van der Waals surface area contributed by atoms with Gasteiger partial charge in [0.1, 0.15) is 6.04 Å². The van der Waals surface area contributed by atoms with Crippen LogP contribution < -0.4 is 5.32 Å². The van der Waals surface area contributed by atoms with Crippen LogP contribution in [0.1, 0.15) is 50.7 Å². The first-order valence-corrected chi connectivity index (χ1v) is 13.2. The number of rotatable bonds is 5. The maximum absolute atomic E-state index is 13.2. The number of hydrogen-bond acceptors (Lipinski definition) is 4. The average Bonchev–Trinajstić information content (AvgIpc) is 3.65. The van der Waals surface area contributed by atoms with Gasteiger partial charge in [0.2, 0.25) is 11.8 Å². The van der Waals surface area contributed by atoms with E-state index in [0.717, 1.165) is 30.2 Å². The topological polar surface area (TPSA) is 93.2 Å². The maximum atomic E-state index is 13.2. The van der Waals surface area contributed by atoms with Gasteiger partial charge in [-0.3, -0.25) is 9.59 Å². The molecule has 8 nitrogen and oxygen atoms in total. The molecule has 1 aliphatic carbocycles. The van der Waals surface area contributed by atoms with Crippen molar-refractivity contribution in [1.29, 1.82) is 0 Å². The Balaban J connectivity index is 1.31. The van der Waals surface area contributed by atoms with Crippen molar-refractivity contribution < 1.29 is 45.8 Å². The molecular formula is C26H32F6N4O4. The number of benzene rings is 1. The number of aliphatic hydroxyl groups is 1. The van der Waals surface area contributed by atoms with Crippen molar-refractivity contribution in [3.63, 3.8) is 0 Å². The summed E-state index contributed by atoms with van der Waals surface area (Å²) in [6, 6.07) is -0.712. The number of piperazine rings is 1. The van der Waals surface area contributed by atoms with E-state index in [2.05, 4.69) is 5.32 Å². The molecule has 222 valence electrons. The fourth-order valence-electron chi connectivity index (χ4n) is 5.47. The van der Waals surface area contributed by atoms with Crippen molar-refractivity contribution in [3.05, 3.63) is 29.3 Å². The highest BCUT2D eigenvalue weighted by atomic mass is 19.4. The molecular weight excluding hydrogens is 546 g/mol. The molecule has 1 aromatic rings. The Bertz CT molecular complexity index is 1150. The Morgan fingerprint density at radius 3 is 2.27 bits per heavy atom. The Kier molecular flexibility index (Phi) is 8.05. The minimum atomic E-state index is -5.30. The minimum absolute atomic E-state index is 0.0261. The largest absolute Gasteiger partial charge is 0.417 e. The van der Waals surface area contributed by atoms with Crippen molar-refractivity contribution in [3.8, 4) is 0 Å². The fraction of sp³-hybridized carbons (Fsp3) is 0.654. The van der Waals surface area contributed by atoms with E-state index in [1.807, 2.05) is 0 Å². The molecule has 0 aromatic heterocycles. The lowest BCUT2D eigenvalue weighted by Gasteiger charge is -2.40. The van der Waals surface area contributed by atoms with Gasteiger partial charge >= 0.3 is 18.4 Å². The van der Waals surface area contributed by atoms with E-state index in [1.54, 1.807) is 11.8 Å². The number of alkyl halides is 6. The standard InChI is InChI=1S/C26H32F6N4O4/c1-15(21(38)35-10-8-24(6-7-24)20(37)14-35)5-9-34-11-12-36(16(2)22(34)39)23(40)33-17-3-4-18(25(27,28)29)19(13-17)26(30,31)32/h3-4,13,15-16,20,37H,5-12,14H2,1-2H3,(H,33,40)/t15?,16-,20+/m0/s1. The van der Waals surface area contributed by atoms with Crippen molar-refractivity contribution in [2.24, 2.45) is 11.3 Å². The molecule has 4 amide bonds. The van der Waals surface area contributed by atoms with Gasteiger partial charge in [0.15, 0.2) is 0 Å². The molecule has 3 aliphatic rings. The van der Waals surface area contributed by atoms with Crippen LogP contribution in [-0.4, -0.2) is 82.5 Å². The molecule has 2 aliphatic heterocycles. The smallest absolute Gasteiger partial charge is 0.391 e. The van der Waals surface area contributed by atoms with Crippen LogP contribution in [-0.2, 0) is 21.9 Å². The lowest BCUT2D eigenvalue weighted by molar-refractivity contribution is -0.162. The maximum Gasteiger partial charge on any atom is 0.417 e. The van der Waals surface area contributed by atoms with Crippen molar-refractivity contribution >= 4 is 23.5 Å². The highest BCUT2D eigenvalue weighted by Gasteiger charge is 2.52. The molecule has 1 aromatic carbocycles. The number of β-amino-alcohol motifs (C(OH)–C–C–N with tert-alkyl or cyclic N) is 1. The molecule has 3 atom stereocenters. The number of amides is 4. The second-order valence-corrected chi connectivity index (χ2v) is 11.0. The minimum Gasteiger partial charge on any atom is -0.391 e. The Morgan fingerprint density at radius 1 is 1.05 bits per heavy atom. The Morgan fingerprint density at radius 2 is 1.70 bits per heavy atom. The summed E-state index contributed by atoms with van der Waals surface area (Å²) in [7, 11) is 0. The number of piperidine rings is 1. The van der Waals surface area contributed by atoms with E-state index >= 15 is 0 Å². The van der Waals surface area contributed by atoms with Gasteiger partial charge in [0, 0.05) is 44.3 Å². The SMILES string of the molecule is CC(CCN1CCN(C(=O)Nc2ccc(C(F)(F)F)c(C(F)(F)F)c2)[C@@H](C)C1=O)C(=O)N1CCC2(CC2)[C@H](O)C1. The third kappa shape index (κ3) is 6.16. The summed E-state index contributed by atoms with van der Waals surface area (Å²) in [5.41, 5.74) is -4.32. The summed E-state index contributed by atoms with van der Waals surface area (Å²) < 4.78 is 78.8. The predicted molar refractivity (Wildman–Crippen MR) is 131 cm³/mol. The molecule has 4 rings (SSSR count). The molecule has 2 N–H and O–H groups in total. The highest BCUT2D eigenvalue weighted by Crippen LogP contribution is 2.53. The number of anilines is 1. The number of carbonyl (C=O) groups is 3. The number of nitrogens with zero attached hydrogens (tertiary/aromatic N) is 3. The summed E-state index contributed by atoms with van der Waals surface area (Å²) in [5, 5.41) is 12.5. The molecule has 2 heterocycles. The predicted octanol–water partition coefficient (Wildman–Crippen LogP) is 4.19. The summed E-state index contributed by atoms with van der Waals surface area (Å²) in [4.78, 5) is 42.8. The molecule has 2 saturated heterocycles. The molecule has 1 saturated carbocycles. The van der Waals surface area contributed by atoms with Crippen LogP contribution in [0, 0.1) is 11.3 Å². The van der Waals surface area contributed by atoms with E-state index in [9.17, 15) is 45.8 Å². The summed E-state index contributed by atoms with van der Waals surface area (Å²) in [6.45, 7) is 4.49. The van der Waals surface area contributed by atoms with Crippen molar-refractivity contribution in [2.45, 2.75) is 64.0 Å². The first-order valence-electron chi connectivity index (χ1n) is 13.2. The van der Waals surface area contributed by atoms with E-state index in [1.165, 1.54) is 11.8 Å². The van der Waals surface area contributed by atoms with Crippen LogP contribution >= 0.6 is 0 Å². The van der Waals surface area contributed by atoms with Gasteiger partial charge in [-0.25, -0.2) is 4.79 Å². The van der Waals surface area contributed by atoms with Crippen molar-refractivity contribution in [2.75, 3.05) is 38.0 Å². The monoisotopic (exact) mass is 578 g/mol. The number of aliphatic hydroxyl groups excluding tert-OH is 1. The van der Waals surface area contributed by atoms with Gasteiger partial charge in [0.05, 0.1) is 17.2 Å². The number of nitrogens with one attached hydrogen (secondary N) is 1. The Labute approximate surface area is 227 Å². The second-order valence-electron chi connectivity index (χ2n) is 11.0. The van der Waals surface area contributed by atoms with Gasteiger partial charge in [-0.1, -0.05) is 6.92 Å². The zero-order valence-corrected chi connectivity index (χ0v) is 22.1. The molecule has 40 heavy (non-hydrogen) atoms. The third-order valence-corrected chi connectivity index (χ3v) is 8.33. The molecule has 1 spiro atoms. The van der Waals surface area contributed by atoms with Crippen LogP contribution in [0.15, 0.2) is 18.2 Å². The number of carbonyl (C=O) groups excluding carboxylic acids is 3. The zero-order chi connectivity index (χ0) is 29.6. The molecule has 14 heteroatoms. The normalized spacial score (nSPS) is 23.8. The second kappa shape index (κ2) is 10.7. The van der Waals surface area contributed by atoms with Crippen LogP contribution in [0.5, 0.6) is 0 Å². The van der Waals surface area contributed by atoms with E-state index in [4.69, 9.17) is 0 Å². The molecule has 3 fully saturated rings. The summed E-state index contributed by atoms with van der Waals surface area (Å²) >= 11 is 0. The van der Waals surface area contributed by atoms with Gasteiger partial charge in [-0.15, -0.1) is 0 Å². The van der Waals surface area contributed by atoms with Crippen LogP contribution in [0.4, 0.5) is 36.8 Å². The average molecular weight is 579 g/mol. The van der Waals surface area contributed by atoms with Crippen molar-refractivity contribution in [1.82, 2.24) is 14.7 Å². The number of likely N-dealkylation sites (tertiary alicyclic amines) is 1. The molecule has 0 bridgehead atoms. The summed E-state index contributed by atoms with van der Waals surface area (Å²) in [5.74, 6) is -0.913. The zero-order valence-electron chi connectivity index (χ0n) is 22.1. The summed E-state index contributed by atoms with van der Waals surface area (Å²) in [6.07, 6.45) is -7.96. The van der Waals surface area contributed by atoms with E-state index in [-0.39, 0.29) is 43.1 Å². The highest BCUT2D eigenvalue weighted by molar-refractivity contribution is 5.94. The lowest BCUT2D eigenvalue weighted by Crippen LogP contribution is -2.58.